The third-order valence-electron chi connectivity index (χ3n) is 3.79. The van der Waals surface area contributed by atoms with Crippen molar-refractivity contribution in [1.82, 2.24) is 24.1 Å². The van der Waals surface area contributed by atoms with E-state index in [0.29, 0.717) is 6.54 Å². The number of hydrogen-bond donors (Lipinski definition) is 0. The fourth-order valence-electron chi connectivity index (χ4n) is 2.58. The molecule has 3 heterocycles. The Morgan fingerprint density at radius 2 is 2.17 bits per heavy atom. The average Bonchev–Trinajstić information content (AvgIpc) is 3.13. The molecule has 0 saturated carbocycles. The number of hydrogen-bond acceptors (Lipinski definition) is 6. The second-order valence-electron chi connectivity index (χ2n) is 5.56. The summed E-state index contributed by atoms with van der Waals surface area (Å²) in [5, 5.41) is 14.9. The molecule has 0 bridgehead atoms. The van der Waals surface area contributed by atoms with Crippen molar-refractivity contribution in [3.63, 3.8) is 0 Å². The summed E-state index contributed by atoms with van der Waals surface area (Å²) >= 11 is 1.57. The highest BCUT2D eigenvalue weighted by atomic mass is 32.1. The van der Waals surface area contributed by atoms with Crippen LogP contribution in [-0.4, -0.2) is 41.9 Å². The van der Waals surface area contributed by atoms with Gasteiger partial charge in [-0.2, -0.15) is 5.10 Å². The molecular weight excluding hydrogens is 332 g/mol. The molecule has 0 aromatic carbocycles. The molecule has 0 aliphatic heterocycles. The first-order valence-corrected chi connectivity index (χ1v) is 7.97. The van der Waals surface area contributed by atoms with E-state index < -0.39 is 10.8 Å². The molecule has 3 rings (SSSR count). The quantitative estimate of drug-likeness (QED) is 0.530. The highest BCUT2D eigenvalue weighted by Gasteiger charge is 2.28. The highest BCUT2D eigenvalue weighted by molar-refractivity contribution is 7.17. The Hall–Kier alpha value is -2.75. The summed E-state index contributed by atoms with van der Waals surface area (Å²) in [5.41, 5.74) is 1.38. The minimum absolute atomic E-state index is 0.0394. The third kappa shape index (κ3) is 2.54. The minimum Gasteiger partial charge on any atom is -0.334 e. The Labute approximate surface area is 141 Å². The van der Waals surface area contributed by atoms with Crippen LogP contribution in [0.15, 0.2) is 12.4 Å². The Morgan fingerprint density at radius 1 is 1.46 bits per heavy atom. The van der Waals surface area contributed by atoms with Crippen LogP contribution in [0.1, 0.15) is 26.8 Å². The van der Waals surface area contributed by atoms with E-state index in [1.165, 1.54) is 16.6 Å². The van der Waals surface area contributed by atoms with Gasteiger partial charge in [-0.3, -0.25) is 24.0 Å². The van der Waals surface area contributed by atoms with Crippen LogP contribution in [0.4, 0.5) is 5.69 Å². The molecule has 10 heteroatoms. The SMILES string of the molecule is Cc1cn2c(CN(C)C(=O)c3c([N+](=O)[O-])cnn3C)c(C)nc2s1. The van der Waals surface area contributed by atoms with Crippen LogP contribution in [-0.2, 0) is 13.6 Å². The molecule has 0 unspecified atom stereocenters. The fourth-order valence-corrected chi connectivity index (χ4v) is 3.47. The number of fused-ring (bicyclic) bond motifs is 1. The van der Waals surface area contributed by atoms with Crippen molar-refractivity contribution in [3.05, 3.63) is 44.5 Å². The van der Waals surface area contributed by atoms with Crippen LogP contribution >= 0.6 is 11.3 Å². The van der Waals surface area contributed by atoms with Crippen molar-refractivity contribution >= 4 is 27.9 Å². The molecule has 0 atom stereocenters. The van der Waals surface area contributed by atoms with Gasteiger partial charge in [0.15, 0.2) is 4.96 Å². The fraction of sp³-hybridized carbons (Fsp3) is 0.357. The number of imidazole rings is 1. The first-order valence-electron chi connectivity index (χ1n) is 7.15. The maximum atomic E-state index is 12.7. The van der Waals surface area contributed by atoms with Gasteiger partial charge in [0, 0.05) is 25.2 Å². The van der Waals surface area contributed by atoms with E-state index in [-0.39, 0.29) is 11.4 Å². The van der Waals surface area contributed by atoms with Crippen LogP contribution in [0.25, 0.3) is 4.96 Å². The van der Waals surface area contributed by atoms with Crippen molar-refractivity contribution < 1.29 is 9.72 Å². The van der Waals surface area contributed by atoms with Crippen LogP contribution in [0.2, 0.25) is 0 Å². The van der Waals surface area contributed by atoms with Gasteiger partial charge in [0.05, 0.1) is 22.9 Å². The molecule has 3 aromatic heterocycles. The lowest BCUT2D eigenvalue weighted by atomic mass is 10.3. The van der Waals surface area contributed by atoms with Gasteiger partial charge in [0.25, 0.3) is 5.91 Å². The molecule has 9 nitrogen and oxygen atoms in total. The predicted molar refractivity (Wildman–Crippen MR) is 88.2 cm³/mol. The monoisotopic (exact) mass is 348 g/mol. The molecule has 0 saturated heterocycles. The molecule has 1 amide bonds. The number of carbonyl (C=O) groups excluding carboxylic acids is 1. The zero-order chi connectivity index (χ0) is 17.6. The summed E-state index contributed by atoms with van der Waals surface area (Å²) in [6.45, 7) is 4.17. The Balaban J connectivity index is 1.93. The van der Waals surface area contributed by atoms with Crippen LogP contribution in [0.3, 0.4) is 0 Å². The molecule has 3 aromatic rings. The van der Waals surface area contributed by atoms with Gasteiger partial charge in [-0.25, -0.2) is 4.98 Å². The smallest absolute Gasteiger partial charge is 0.320 e. The van der Waals surface area contributed by atoms with Gasteiger partial charge >= 0.3 is 5.69 Å². The minimum atomic E-state index is -0.599. The summed E-state index contributed by atoms with van der Waals surface area (Å²) in [5.74, 6) is -0.456. The van der Waals surface area contributed by atoms with Gasteiger partial charge in [-0.1, -0.05) is 0 Å². The number of thiazole rings is 1. The van der Waals surface area contributed by atoms with E-state index in [1.807, 2.05) is 24.4 Å². The third-order valence-corrected chi connectivity index (χ3v) is 4.69. The first kappa shape index (κ1) is 16.1. The molecule has 24 heavy (non-hydrogen) atoms. The topological polar surface area (TPSA) is 98.6 Å². The molecule has 126 valence electrons. The number of carbonyl (C=O) groups is 1. The zero-order valence-corrected chi connectivity index (χ0v) is 14.5. The Morgan fingerprint density at radius 3 is 2.83 bits per heavy atom. The van der Waals surface area contributed by atoms with Gasteiger partial charge in [-0.15, -0.1) is 11.3 Å². The van der Waals surface area contributed by atoms with Crippen LogP contribution < -0.4 is 0 Å². The molecule has 0 aliphatic carbocycles. The molecule has 0 aliphatic rings. The number of rotatable bonds is 4. The summed E-state index contributed by atoms with van der Waals surface area (Å²) in [6, 6.07) is 0. The van der Waals surface area contributed by atoms with Gasteiger partial charge in [-0.05, 0) is 13.8 Å². The second-order valence-corrected chi connectivity index (χ2v) is 6.77. The lowest BCUT2D eigenvalue weighted by molar-refractivity contribution is -0.385. The van der Waals surface area contributed by atoms with E-state index in [0.717, 1.165) is 27.4 Å². The summed E-state index contributed by atoms with van der Waals surface area (Å²) in [7, 11) is 3.12. The lowest BCUT2D eigenvalue weighted by Gasteiger charge is -2.17. The number of aryl methyl sites for hydroxylation is 3. The highest BCUT2D eigenvalue weighted by Crippen LogP contribution is 2.23. The first-order chi connectivity index (χ1) is 11.3. The molecule has 0 spiro atoms. The lowest BCUT2D eigenvalue weighted by Crippen LogP contribution is -2.29. The van der Waals surface area contributed by atoms with E-state index in [2.05, 4.69) is 10.1 Å². The molecular formula is C14H16N6O3S. The standard InChI is InChI=1S/C14H16N6O3S/c1-8-6-19-11(9(2)16-14(19)24-8)7-17(3)13(21)12-10(20(22)23)5-15-18(12)4/h5-6H,7H2,1-4H3. The van der Waals surface area contributed by atoms with Gasteiger partial charge in [0.2, 0.25) is 5.69 Å². The van der Waals surface area contributed by atoms with E-state index in [4.69, 9.17) is 0 Å². The summed E-state index contributed by atoms with van der Waals surface area (Å²) in [4.78, 5) is 31.1. The normalized spacial score (nSPS) is 11.2. The largest absolute Gasteiger partial charge is 0.334 e. The second kappa shape index (κ2) is 5.71. The van der Waals surface area contributed by atoms with Gasteiger partial charge < -0.3 is 4.90 Å². The maximum Gasteiger partial charge on any atom is 0.320 e. The number of amides is 1. The molecule has 0 fully saturated rings. The van der Waals surface area contributed by atoms with E-state index in [9.17, 15) is 14.9 Å². The maximum absolute atomic E-state index is 12.7. The van der Waals surface area contributed by atoms with Crippen molar-refractivity contribution in [2.45, 2.75) is 20.4 Å². The predicted octanol–water partition coefficient (Wildman–Crippen LogP) is 1.93. The zero-order valence-electron chi connectivity index (χ0n) is 13.7. The van der Waals surface area contributed by atoms with Crippen LogP contribution in [0, 0.1) is 24.0 Å². The molecule has 0 N–H and O–H groups in total. The van der Waals surface area contributed by atoms with Gasteiger partial charge in [0.1, 0.15) is 6.20 Å². The van der Waals surface area contributed by atoms with Crippen LogP contribution in [0.5, 0.6) is 0 Å². The average molecular weight is 348 g/mol. The van der Waals surface area contributed by atoms with Crippen molar-refractivity contribution in [2.24, 2.45) is 7.05 Å². The Kier molecular flexibility index (Phi) is 3.84. The summed E-state index contributed by atoms with van der Waals surface area (Å²) < 4.78 is 3.18. The number of nitro groups is 1. The Bertz CT molecular complexity index is 953. The van der Waals surface area contributed by atoms with E-state index >= 15 is 0 Å². The van der Waals surface area contributed by atoms with E-state index in [1.54, 1.807) is 18.4 Å². The van der Waals surface area contributed by atoms with Crippen molar-refractivity contribution in [1.29, 1.82) is 0 Å². The number of nitrogens with zero attached hydrogens (tertiary/aromatic N) is 6. The van der Waals surface area contributed by atoms with Crippen molar-refractivity contribution in [2.75, 3.05) is 7.05 Å². The van der Waals surface area contributed by atoms with Crippen molar-refractivity contribution in [3.8, 4) is 0 Å². The molecule has 0 radical (unpaired) electrons. The summed E-state index contributed by atoms with van der Waals surface area (Å²) in [6.07, 6.45) is 3.06. The number of aromatic nitrogens is 4.